The van der Waals surface area contributed by atoms with E-state index in [9.17, 15) is 0 Å². The quantitative estimate of drug-likeness (QED) is 0.251. The largest absolute Gasteiger partial charge is 0.379 e. The smallest absolute Gasteiger partial charge is 0.191 e. The number of ether oxygens (including phenoxy) is 1. The fourth-order valence-corrected chi connectivity index (χ4v) is 3.00. The lowest BCUT2D eigenvalue weighted by molar-refractivity contribution is 0.00395. The summed E-state index contributed by atoms with van der Waals surface area (Å²) in [4.78, 5) is 7.36. The van der Waals surface area contributed by atoms with Gasteiger partial charge in [0.2, 0.25) is 0 Å². The number of nitrogens with zero attached hydrogens (tertiary/aromatic N) is 2. The molecule has 23 heavy (non-hydrogen) atoms. The summed E-state index contributed by atoms with van der Waals surface area (Å²) in [5, 5.41) is 6.58. The number of morpholine rings is 1. The summed E-state index contributed by atoms with van der Waals surface area (Å²) >= 11 is 0. The Morgan fingerprint density at radius 1 is 1.22 bits per heavy atom. The van der Waals surface area contributed by atoms with Gasteiger partial charge in [-0.25, -0.2) is 0 Å². The topological polar surface area (TPSA) is 48.9 Å². The van der Waals surface area contributed by atoms with Gasteiger partial charge in [-0.2, -0.15) is 0 Å². The minimum Gasteiger partial charge on any atom is -0.379 e. The fraction of sp³-hybridized carbons (Fsp3) is 0.824. The van der Waals surface area contributed by atoms with Crippen molar-refractivity contribution in [2.75, 3.05) is 45.9 Å². The maximum Gasteiger partial charge on any atom is 0.191 e. The number of guanidine groups is 1. The predicted molar refractivity (Wildman–Crippen MR) is 110 cm³/mol. The summed E-state index contributed by atoms with van der Waals surface area (Å²) in [6.07, 6.45) is 4.25. The van der Waals surface area contributed by atoms with Crippen LogP contribution in [-0.4, -0.2) is 62.8 Å². The molecule has 6 heteroatoms. The van der Waals surface area contributed by atoms with Crippen molar-refractivity contribution < 1.29 is 4.74 Å². The third kappa shape index (κ3) is 8.35. The van der Waals surface area contributed by atoms with Crippen LogP contribution in [0.3, 0.4) is 0 Å². The molecule has 0 aromatic carbocycles. The standard InChI is InChI=1S/C17H34N4O.HI/c1-5-9-19-17(18-8-4)20-14-16(15(6-2)7-3)21-10-12-22-13-11-21;/h5,15-16H,1,6-14H2,2-4H3,(H2,18,19,20);1H. The number of rotatable bonds is 9. The molecule has 1 unspecified atom stereocenters. The van der Waals surface area contributed by atoms with Crippen molar-refractivity contribution in [3.8, 4) is 0 Å². The van der Waals surface area contributed by atoms with Crippen LogP contribution in [0, 0.1) is 5.92 Å². The summed E-state index contributed by atoms with van der Waals surface area (Å²) in [6, 6.07) is 0.498. The summed E-state index contributed by atoms with van der Waals surface area (Å²) < 4.78 is 5.50. The first-order valence-electron chi connectivity index (χ1n) is 8.71. The zero-order valence-corrected chi connectivity index (χ0v) is 17.3. The predicted octanol–water partition coefficient (Wildman–Crippen LogP) is 2.48. The lowest BCUT2D eigenvalue weighted by Crippen LogP contribution is -2.49. The normalized spacial score (nSPS) is 17.5. The van der Waals surface area contributed by atoms with Gasteiger partial charge in [-0.3, -0.25) is 9.89 Å². The Morgan fingerprint density at radius 3 is 2.39 bits per heavy atom. The van der Waals surface area contributed by atoms with Gasteiger partial charge in [-0.15, -0.1) is 30.6 Å². The van der Waals surface area contributed by atoms with E-state index in [4.69, 9.17) is 9.73 Å². The van der Waals surface area contributed by atoms with Crippen LogP contribution in [0.2, 0.25) is 0 Å². The van der Waals surface area contributed by atoms with Crippen LogP contribution in [0.4, 0.5) is 0 Å². The highest BCUT2D eigenvalue weighted by atomic mass is 127. The molecule has 1 aliphatic heterocycles. The average Bonchev–Trinajstić information content (AvgIpc) is 2.57. The van der Waals surface area contributed by atoms with Gasteiger partial charge in [0.25, 0.3) is 0 Å². The maximum atomic E-state index is 5.50. The van der Waals surface area contributed by atoms with Crippen LogP contribution in [0.1, 0.15) is 33.6 Å². The second-order valence-electron chi connectivity index (χ2n) is 5.68. The Labute approximate surface area is 159 Å². The number of hydrogen-bond donors (Lipinski definition) is 2. The maximum absolute atomic E-state index is 5.50. The summed E-state index contributed by atoms with van der Waals surface area (Å²) in [5.74, 6) is 1.57. The Bertz CT molecular complexity index is 329. The van der Waals surface area contributed by atoms with E-state index < -0.39 is 0 Å². The number of halogens is 1. The minimum absolute atomic E-state index is 0. The summed E-state index contributed by atoms with van der Waals surface area (Å²) in [6.45, 7) is 16.6. The van der Waals surface area contributed by atoms with Gasteiger partial charge in [0.15, 0.2) is 5.96 Å². The van der Waals surface area contributed by atoms with Gasteiger partial charge < -0.3 is 15.4 Å². The first-order chi connectivity index (χ1) is 10.8. The Balaban J connectivity index is 0.00000484. The highest BCUT2D eigenvalue weighted by Crippen LogP contribution is 2.20. The minimum atomic E-state index is 0. The Kier molecular flexibility index (Phi) is 13.8. The van der Waals surface area contributed by atoms with E-state index in [0.29, 0.717) is 12.0 Å². The van der Waals surface area contributed by atoms with Crippen molar-refractivity contribution in [1.82, 2.24) is 15.5 Å². The van der Waals surface area contributed by atoms with Crippen LogP contribution in [0.5, 0.6) is 0 Å². The molecule has 1 saturated heterocycles. The van der Waals surface area contributed by atoms with Crippen molar-refractivity contribution in [3.05, 3.63) is 12.7 Å². The SMILES string of the molecule is C=CCNC(=NCC(C(CC)CC)N1CCOCC1)NCC.I. The number of hydrogen-bond acceptors (Lipinski definition) is 3. The molecule has 0 saturated carbocycles. The molecule has 5 nitrogen and oxygen atoms in total. The Morgan fingerprint density at radius 2 is 1.87 bits per heavy atom. The highest BCUT2D eigenvalue weighted by Gasteiger charge is 2.26. The van der Waals surface area contributed by atoms with Gasteiger partial charge in [0.05, 0.1) is 19.8 Å². The number of nitrogens with one attached hydrogen (secondary N) is 2. The Hall–Kier alpha value is -0.340. The van der Waals surface area contributed by atoms with Gasteiger partial charge in [-0.05, 0) is 12.8 Å². The summed E-state index contributed by atoms with van der Waals surface area (Å²) in [5.41, 5.74) is 0. The molecule has 1 heterocycles. The number of aliphatic imine (C=N–C) groups is 1. The van der Waals surface area contributed by atoms with Crippen molar-refractivity contribution >= 4 is 29.9 Å². The molecule has 136 valence electrons. The molecule has 0 bridgehead atoms. The molecule has 0 spiro atoms. The van der Waals surface area contributed by atoms with Crippen LogP contribution in [0.15, 0.2) is 17.6 Å². The van der Waals surface area contributed by atoms with Gasteiger partial charge in [0.1, 0.15) is 0 Å². The molecular weight excluding hydrogens is 403 g/mol. The molecule has 1 atom stereocenters. The molecule has 1 fully saturated rings. The van der Waals surface area contributed by atoms with Crippen LogP contribution in [0.25, 0.3) is 0 Å². The van der Waals surface area contributed by atoms with E-state index in [1.54, 1.807) is 0 Å². The molecule has 0 aliphatic carbocycles. The highest BCUT2D eigenvalue weighted by molar-refractivity contribution is 14.0. The van der Waals surface area contributed by atoms with Gasteiger partial charge in [0, 0.05) is 32.2 Å². The van der Waals surface area contributed by atoms with E-state index in [-0.39, 0.29) is 24.0 Å². The molecule has 0 radical (unpaired) electrons. The fourth-order valence-electron chi connectivity index (χ4n) is 3.00. The van der Waals surface area contributed by atoms with Crippen LogP contribution in [-0.2, 0) is 4.74 Å². The third-order valence-electron chi connectivity index (χ3n) is 4.30. The molecular formula is C17H35IN4O. The molecule has 1 aliphatic rings. The molecule has 0 amide bonds. The molecule has 0 aromatic heterocycles. The van der Waals surface area contributed by atoms with Crippen LogP contribution >= 0.6 is 24.0 Å². The molecule has 2 N–H and O–H groups in total. The summed E-state index contributed by atoms with van der Waals surface area (Å²) in [7, 11) is 0. The monoisotopic (exact) mass is 438 g/mol. The molecule has 1 rings (SSSR count). The van der Waals surface area contributed by atoms with Crippen molar-refractivity contribution in [1.29, 1.82) is 0 Å². The van der Waals surface area contributed by atoms with E-state index in [1.807, 2.05) is 6.08 Å². The second-order valence-corrected chi connectivity index (χ2v) is 5.68. The van der Waals surface area contributed by atoms with Gasteiger partial charge in [-0.1, -0.05) is 32.8 Å². The average molecular weight is 438 g/mol. The zero-order chi connectivity index (χ0) is 16.2. The zero-order valence-electron chi connectivity index (χ0n) is 15.0. The second kappa shape index (κ2) is 14.0. The lowest BCUT2D eigenvalue weighted by Gasteiger charge is -2.38. The lowest BCUT2D eigenvalue weighted by atomic mass is 9.92. The van der Waals surface area contributed by atoms with E-state index in [1.165, 1.54) is 12.8 Å². The van der Waals surface area contributed by atoms with E-state index in [0.717, 1.165) is 51.9 Å². The van der Waals surface area contributed by atoms with Crippen molar-refractivity contribution in [2.45, 2.75) is 39.7 Å². The van der Waals surface area contributed by atoms with E-state index in [2.05, 4.69) is 42.9 Å². The van der Waals surface area contributed by atoms with Crippen molar-refractivity contribution in [2.24, 2.45) is 10.9 Å². The van der Waals surface area contributed by atoms with E-state index >= 15 is 0 Å². The van der Waals surface area contributed by atoms with Gasteiger partial charge >= 0.3 is 0 Å². The first-order valence-corrected chi connectivity index (χ1v) is 8.71. The first kappa shape index (κ1) is 22.7. The van der Waals surface area contributed by atoms with Crippen molar-refractivity contribution in [3.63, 3.8) is 0 Å². The third-order valence-corrected chi connectivity index (χ3v) is 4.30. The van der Waals surface area contributed by atoms with Crippen LogP contribution < -0.4 is 10.6 Å². The molecule has 0 aromatic rings.